The molecular weight excluding hydrogens is 385 g/mol. The second-order valence-electron chi connectivity index (χ2n) is 8.77. The molecule has 3 heterocycles. The summed E-state index contributed by atoms with van der Waals surface area (Å²) in [5, 5.41) is 4.25. The summed E-state index contributed by atoms with van der Waals surface area (Å²) < 4.78 is 20.5. The molecule has 1 fully saturated rings. The molecule has 1 amide bonds. The molecule has 1 aliphatic rings. The molecule has 1 aliphatic heterocycles. The van der Waals surface area contributed by atoms with Gasteiger partial charge in [-0.1, -0.05) is 20.8 Å². The monoisotopic (exact) mass is 411 g/mol. The molecule has 158 valence electrons. The van der Waals surface area contributed by atoms with Crippen molar-refractivity contribution < 1.29 is 13.9 Å². The van der Waals surface area contributed by atoms with Crippen molar-refractivity contribution in [2.45, 2.75) is 39.0 Å². The average Bonchev–Trinajstić information content (AvgIpc) is 3.20. The molecule has 30 heavy (non-hydrogen) atoms. The predicted octanol–water partition coefficient (Wildman–Crippen LogP) is 3.49. The molecule has 3 aromatic rings. The molecule has 1 atom stereocenters. The normalized spacial score (nSPS) is 17.3. The highest BCUT2D eigenvalue weighted by molar-refractivity contribution is 5.93. The lowest BCUT2D eigenvalue weighted by molar-refractivity contribution is 0.0627. The molecule has 0 N–H and O–H groups in total. The zero-order chi connectivity index (χ0) is 21.3. The first kappa shape index (κ1) is 20.3. The van der Waals surface area contributed by atoms with E-state index in [1.807, 2.05) is 11.0 Å². The minimum absolute atomic E-state index is 0.0996. The van der Waals surface area contributed by atoms with Gasteiger partial charge in [0.05, 0.1) is 12.3 Å². The molecule has 0 spiro atoms. The maximum Gasteiger partial charge on any atom is 0.272 e. The van der Waals surface area contributed by atoms with Crippen LogP contribution < -0.4 is 4.74 Å². The van der Waals surface area contributed by atoms with Crippen LogP contribution >= 0.6 is 0 Å². The van der Waals surface area contributed by atoms with Crippen molar-refractivity contribution in [3.63, 3.8) is 0 Å². The molecule has 1 saturated heterocycles. The number of halogens is 1. The van der Waals surface area contributed by atoms with Gasteiger partial charge in [0.15, 0.2) is 0 Å². The third-order valence-electron chi connectivity index (χ3n) is 5.34. The van der Waals surface area contributed by atoms with Crippen LogP contribution in [0, 0.1) is 11.7 Å². The smallest absolute Gasteiger partial charge is 0.272 e. The molecule has 0 radical (unpaired) electrons. The highest BCUT2D eigenvalue weighted by atomic mass is 19.1. The van der Waals surface area contributed by atoms with Crippen LogP contribution in [0.15, 0.2) is 36.7 Å². The van der Waals surface area contributed by atoms with E-state index < -0.39 is 0 Å². The number of likely N-dealkylation sites (tertiary alicyclic amines) is 1. The first-order valence-corrected chi connectivity index (χ1v) is 10.2. The minimum atomic E-state index is -0.288. The quantitative estimate of drug-likeness (QED) is 0.657. The van der Waals surface area contributed by atoms with Crippen molar-refractivity contribution >= 4 is 11.7 Å². The van der Waals surface area contributed by atoms with E-state index in [0.29, 0.717) is 36.9 Å². The van der Waals surface area contributed by atoms with Crippen LogP contribution in [-0.4, -0.2) is 50.1 Å². The van der Waals surface area contributed by atoms with E-state index in [4.69, 9.17) is 4.74 Å². The van der Waals surface area contributed by atoms with Gasteiger partial charge in [0, 0.05) is 24.4 Å². The van der Waals surface area contributed by atoms with Crippen molar-refractivity contribution in [3.8, 4) is 5.75 Å². The summed E-state index contributed by atoms with van der Waals surface area (Å²) in [5.41, 5.74) is 1.07. The molecule has 0 aliphatic carbocycles. The zero-order valence-corrected chi connectivity index (χ0v) is 17.5. The second-order valence-corrected chi connectivity index (χ2v) is 8.77. The van der Waals surface area contributed by atoms with Gasteiger partial charge < -0.3 is 9.64 Å². The summed E-state index contributed by atoms with van der Waals surface area (Å²) in [6, 6.07) is 7.82. The summed E-state index contributed by atoms with van der Waals surface area (Å²) in [4.78, 5) is 23.7. The lowest BCUT2D eigenvalue weighted by Crippen LogP contribution is -2.42. The van der Waals surface area contributed by atoms with Crippen molar-refractivity contribution in [3.05, 3.63) is 53.9 Å². The number of amides is 1. The summed E-state index contributed by atoms with van der Waals surface area (Å²) in [6.07, 6.45) is 3.34. The van der Waals surface area contributed by atoms with Gasteiger partial charge in [-0.25, -0.2) is 13.9 Å². The van der Waals surface area contributed by atoms with E-state index in [0.717, 1.165) is 18.5 Å². The van der Waals surface area contributed by atoms with Gasteiger partial charge in [0.1, 0.15) is 23.6 Å². The highest BCUT2D eigenvalue weighted by Crippen LogP contribution is 2.25. The van der Waals surface area contributed by atoms with Crippen LogP contribution in [0.1, 0.15) is 49.8 Å². The van der Waals surface area contributed by atoms with Crippen LogP contribution in [0.5, 0.6) is 5.75 Å². The molecule has 8 heteroatoms. The lowest BCUT2D eigenvalue weighted by Gasteiger charge is -2.32. The molecule has 0 bridgehead atoms. The maximum absolute atomic E-state index is 13.2. The molecule has 4 rings (SSSR count). The number of benzene rings is 1. The van der Waals surface area contributed by atoms with Gasteiger partial charge in [-0.05, 0) is 43.2 Å². The molecular formula is C22H26FN5O2. The number of aromatic nitrogens is 4. The fourth-order valence-corrected chi connectivity index (χ4v) is 3.75. The van der Waals surface area contributed by atoms with E-state index in [9.17, 15) is 9.18 Å². The van der Waals surface area contributed by atoms with Gasteiger partial charge in [0.25, 0.3) is 11.7 Å². The van der Waals surface area contributed by atoms with Crippen molar-refractivity contribution in [2.75, 3.05) is 19.7 Å². The van der Waals surface area contributed by atoms with Crippen LogP contribution in [0.2, 0.25) is 0 Å². The number of carbonyl (C=O) groups is 1. The standard InChI is InChI=1S/C22H26FN5O2/c1-22(2,3)19-11-18(26-21-24-14-25-28(19)21)20(29)27-10-4-5-15(12-27)13-30-17-8-6-16(23)7-9-17/h6-9,11,14-15H,4-5,10,12-13H2,1-3H3. The topological polar surface area (TPSA) is 72.6 Å². The Morgan fingerprint density at radius 1 is 1.27 bits per heavy atom. The Labute approximate surface area is 174 Å². The summed E-state index contributed by atoms with van der Waals surface area (Å²) >= 11 is 0. The summed E-state index contributed by atoms with van der Waals surface area (Å²) in [5.74, 6) is 0.889. The van der Waals surface area contributed by atoms with Gasteiger partial charge in [-0.15, -0.1) is 0 Å². The van der Waals surface area contributed by atoms with Crippen LogP contribution in [0.4, 0.5) is 4.39 Å². The number of rotatable bonds is 4. The predicted molar refractivity (Wildman–Crippen MR) is 110 cm³/mol. The van der Waals surface area contributed by atoms with E-state index in [1.54, 1.807) is 16.6 Å². The molecule has 1 aromatic carbocycles. The number of piperidine rings is 1. The van der Waals surface area contributed by atoms with E-state index in [2.05, 4.69) is 35.8 Å². The largest absolute Gasteiger partial charge is 0.493 e. The summed E-state index contributed by atoms with van der Waals surface area (Å²) in [7, 11) is 0. The number of carbonyl (C=O) groups excluding carboxylic acids is 1. The van der Waals surface area contributed by atoms with E-state index >= 15 is 0 Å². The zero-order valence-electron chi connectivity index (χ0n) is 17.5. The van der Waals surface area contributed by atoms with E-state index in [1.165, 1.54) is 18.5 Å². The Balaban J connectivity index is 1.48. The molecule has 7 nitrogen and oxygen atoms in total. The summed E-state index contributed by atoms with van der Waals surface area (Å²) in [6.45, 7) is 7.99. The van der Waals surface area contributed by atoms with Crippen LogP contribution in [-0.2, 0) is 5.41 Å². The Kier molecular flexibility index (Phi) is 5.40. The van der Waals surface area contributed by atoms with Gasteiger partial charge in [0.2, 0.25) is 0 Å². The molecule has 1 unspecified atom stereocenters. The highest BCUT2D eigenvalue weighted by Gasteiger charge is 2.28. The first-order valence-electron chi connectivity index (χ1n) is 10.2. The minimum Gasteiger partial charge on any atom is -0.493 e. The Bertz CT molecular complexity index is 1040. The Morgan fingerprint density at radius 2 is 2.03 bits per heavy atom. The lowest BCUT2D eigenvalue weighted by atomic mass is 9.91. The van der Waals surface area contributed by atoms with Gasteiger partial charge >= 0.3 is 0 Å². The van der Waals surface area contributed by atoms with Gasteiger partial charge in [-0.2, -0.15) is 10.1 Å². The first-order chi connectivity index (χ1) is 14.3. The van der Waals surface area contributed by atoms with E-state index in [-0.39, 0.29) is 23.1 Å². The number of hydrogen-bond donors (Lipinski definition) is 0. The second kappa shape index (κ2) is 8.01. The SMILES string of the molecule is CC(C)(C)c1cc(C(=O)N2CCCC(COc3ccc(F)cc3)C2)nc2ncnn12. The number of nitrogens with zero attached hydrogens (tertiary/aromatic N) is 5. The number of fused-ring (bicyclic) bond motifs is 1. The fourth-order valence-electron chi connectivity index (χ4n) is 3.75. The van der Waals surface area contributed by atoms with Gasteiger partial charge in [-0.3, -0.25) is 4.79 Å². The third kappa shape index (κ3) is 4.27. The molecule has 0 saturated carbocycles. The van der Waals surface area contributed by atoms with Crippen molar-refractivity contribution in [2.24, 2.45) is 5.92 Å². The fraction of sp³-hybridized carbons (Fsp3) is 0.455. The Hall–Kier alpha value is -3.03. The van der Waals surface area contributed by atoms with Crippen molar-refractivity contribution in [1.29, 1.82) is 0 Å². The Morgan fingerprint density at radius 3 is 2.77 bits per heavy atom. The third-order valence-corrected chi connectivity index (χ3v) is 5.34. The molecule has 2 aromatic heterocycles. The number of hydrogen-bond acceptors (Lipinski definition) is 5. The number of ether oxygens (including phenoxy) is 1. The average molecular weight is 411 g/mol. The van der Waals surface area contributed by atoms with Crippen LogP contribution in [0.25, 0.3) is 5.78 Å². The van der Waals surface area contributed by atoms with Crippen molar-refractivity contribution in [1.82, 2.24) is 24.5 Å². The van der Waals surface area contributed by atoms with Crippen LogP contribution in [0.3, 0.4) is 0 Å². The maximum atomic E-state index is 13.2.